The second kappa shape index (κ2) is 11.3. The summed E-state index contributed by atoms with van der Waals surface area (Å²) in [5, 5.41) is 3.41. The van der Waals surface area contributed by atoms with Crippen LogP contribution >= 0.6 is 0 Å². The summed E-state index contributed by atoms with van der Waals surface area (Å²) in [6.07, 6.45) is 0. The average Bonchev–Trinajstić information content (AvgIpc) is 2.26. The molecule has 4 nitrogen and oxygen atoms in total. The van der Waals surface area contributed by atoms with Crippen molar-refractivity contribution in [1.82, 2.24) is 5.32 Å². The summed E-state index contributed by atoms with van der Waals surface area (Å²) in [7, 11) is 1.67. The minimum atomic E-state index is 0.543. The Bertz CT molecular complexity index is 142. The zero-order valence-electron chi connectivity index (χ0n) is 11.1. The molecule has 16 heavy (non-hydrogen) atoms. The molecule has 1 atom stereocenters. The molecule has 0 heterocycles. The molecule has 0 aliphatic heterocycles. The largest absolute Gasteiger partial charge is 0.382 e. The van der Waals surface area contributed by atoms with Gasteiger partial charge in [-0.15, -0.1) is 0 Å². The molecule has 0 bridgehead atoms. The van der Waals surface area contributed by atoms with Gasteiger partial charge in [-0.1, -0.05) is 13.8 Å². The van der Waals surface area contributed by atoms with E-state index in [0.29, 0.717) is 38.4 Å². The highest BCUT2D eigenvalue weighted by Crippen LogP contribution is 1.98. The second-order valence-electron chi connectivity index (χ2n) is 4.20. The molecule has 0 fully saturated rings. The maximum atomic E-state index is 5.42. The Morgan fingerprint density at radius 3 is 2.00 bits per heavy atom. The van der Waals surface area contributed by atoms with Crippen molar-refractivity contribution < 1.29 is 14.2 Å². The molecule has 0 aromatic heterocycles. The number of hydrogen-bond donors (Lipinski definition) is 1. The van der Waals surface area contributed by atoms with Gasteiger partial charge >= 0.3 is 0 Å². The normalized spacial score (nSPS) is 13.3. The second-order valence-corrected chi connectivity index (χ2v) is 4.20. The van der Waals surface area contributed by atoms with Crippen molar-refractivity contribution in [3.8, 4) is 0 Å². The molecule has 0 amide bonds. The van der Waals surface area contributed by atoms with Crippen molar-refractivity contribution in [3.63, 3.8) is 0 Å². The first kappa shape index (κ1) is 15.8. The molecule has 1 N–H and O–H groups in total. The molecule has 98 valence electrons. The van der Waals surface area contributed by atoms with E-state index in [1.165, 1.54) is 0 Å². The van der Waals surface area contributed by atoms with Gasteiger partial charge in [0.25, 0.3) is 0 Å². The highest BCUT2D eigenvalue weighted by molar-refractivity contribution is 4.63. The third kappa shape index (κ3) is 10.4. The monoisotopic (exact) mass is 233 g/mol. The van der Waals surface area contributed by atoms with E-state index in [9.17, 15) is 0 Å². The lowest BCUT2D eigenvalue weighted by Gasteiger charge is -2.17. The molecule has 0 aromatic rings. The summed E-state index contributed by atoms with van der Waals surface area (Å²) in [5.74, 6) is 0.664. The summed E-state index contributed by atoms with van der Waals surface area (Å²) < 4.78 is 15.5. The zero-order chi connectivity index (χ0) is 12.2. The van der Waals surface area contributed by atoms with Gasteiger partial charge in [0.1, 0.15) is 0 Å². The first-order valence-corrected chi connectivity index (χ1v) is 6.06. The smallest absolute Gasteiger partial charge is 0.0701 e. The summed E-state index contributed by atoms with van der Waals surface area (Å²) in [5.41, 5.74) is 0. The van der Waals surface area contributed by atoms with Gasteiger partial charge in [-0.05, 0) is 12.8 Å². The van der Waals surface area contributed by atoms with Crippen LogP contribution in [0.4, 0.5) is 0 Å². The molecule has 0 aliphatic rings. The van der Waals surface area contributed by atoms with Crippen LogP contribution in [0.5, 0.6) is 0 Å². The Morgan fingerprint density at radius 1 is 0.875 bits per heavy atom. The van der Waals surface area contributed by atoms with Crippen molar-refractivity contribution in [2.75, 3.05) is 46.7 Å². The number of rotatable bonds is 11. The number of methoxy groups -OCH3 is 1. The maximum Gasteiger partial charge on any atom is 0.0701 e. The Hall–Kier alpha value is -0.160. The zero-order valence-corrected chi connectivity index (χ0v) is 11.1. The van der Waals surface area contributed by atoms with E-state index in [1.807, 2.05) is 0 Å². The van der Waals surface area contributed by atoms with E-state index in [1.54, 1.807) is 7.11 Å². The third-order valence-corrected chi connectivity index (χ3v) is 2.52. The summed E-state index contributed by atoms with van der Waals surface area (Å²) >= 11 is 0. The van der Waals surface area contributed by atoms with E-state index in [2.05, 4.69) is 26.1 Å². The average molecular weight is 233 g/mol. The third-order valence-electron chi connectivity index (χ3n) is 2.52. The van der Waals surface area contributed by atoms with E-state index in [4.69, 9.17) is 14.2 Å². The number of hydrogen-bond acceptors (Lipinski definition) is 4. The van der Waals surface area contributed by atoms with Crippen LogP contribution in [0.3, 0.4) is 0 Å². The van der Waals surface area contributed by atoms with Crippen LogP contribution in [0, 0.1) is 5.92 Å². The van der Waals surface area contributed by atoms with Gasteiger partial charge in [-0.2, -0.15) is 0 Å². The van der Waals surface area contributed by atoms with Gasteiger partial charge in [-0.25, -0.2) is 0 Å². The number of ether oxygens (including phenoxy) is 3. The summed E-state index contributed by atoms with van der Waals surface area (Å²) in [6, 6.07) is 0.543. The molecule has 0 radical (unpaired) electrons. The van der Waals surface area contributed by atoms with Gasteiger partial charge in [0.15, 0.2) is 0 Å². The lowest BCUT2D eigenvalue weighted by atomic mass is 10.1. The van der Waals surface area contributed by atoms with Crippen molar-refractivity contribution in [2.24, 2.45) is 5.92 Å². The van der Waals surface area contributed by atoms with Crippen LogP contribution in [0.15, 0.2) is 0 Å². The molecule has 0 aromatic carbocycles. The van der Waals surface area contributed by atoms with Crippen LogP contribution in [-0.4, -0.2) is 52.7 Å². The van der Waals surface area contributed by atoms with Gasteiger partial charge in [0.05, 0.1) is 33.0 Å². The Balaban J connectivity index is 3.04. The van der Waals surface area contributed by atoms with Crippen LogP contribution in [0.2, 0.25) is 0 Å². The van der Waals surface area contributed by atoms with Gasteiger partial charge in [0.2, 0.25) is 0 Å². The molecular formula is C12H27NO3. The topological polar surface area (TPSA) is 39.7 Å². The molecule has 0 saturated carbocycles. The molecule has 1 unspecified atom stereocenters. The molecule has 0 spiro atoms. The van der Waals surface area contributed by atoms with Crippen LogP contribution < -0.4 is 5.32 Å². The summed E-state index contributed by atoms with van der Waals surface area (Å²) in [4.78, 5) is 0. The Kier molecular flexibility index (Phi) is 11.2. The Morgan fingerprint density at radius 2 is 1.44 bits per heavy atom. The SMILES string of the molecule is COCCOCCOCCNC(C)C(C)C. The predicted molar refractivity (Wildman–Crippen MR) is 65.8 cm³/mol. The fraction of sp³-hybridized carbons (Fsp3) is 1.00. The van der Waals surface area contributed by atoms with E-state index in [0.717, 1.165) is 13.2 Å². The van der Waals surface area contributed by atoms with Crippen LogP contribution in [-0.2, 0) is 14.2 Å². The van der Waals surface area contributed by atoms with Crippen molar-refractivity contribution in [1.29, 1.82) is 0 Å². The standard InChI is InChI=1S/C12H27NO3/c1-11(2)12(3)13-5-6-15-9-10-16-8-7-14-4/h11-13H,5-10H2,1-4H3. The first-order valence-electron chi connectivity index (χ1n) is 6.06. The van der Waals surface area contributed by atoms with Crippen molar-refractivity contribution in [2.45, 2.75) is 26.8 Å². The van der Waals surface area contributed by atoms with E-state index in [-0.39, 0.29) is 0 Å². The fourth-order valence-corrected chi connectivity index (χ4v) is 1.06. The summed E-state index contributed by atoms with van der Waals surface area (Å²) in [6.45, 7) is 10.8. The quantitative estimate of drug-likeness (QED) is 0.546. The van der Waals surface area contributed by atoms with Crippen molar-refractivity contribution in [3.05, 3.63) is 0 Å². The van der Waals surface area contributed by atoms with Gasteiger partial charge in [-0.3, -0.25) is 0 Å². The molecule has 0 rings (SSSR count). The lowest BCUT2D eigenvalue weighted by Crippen LogP contribution is -2.33. The van der Waals surface area contributed by atoms with Gasteiger partial charge in [0, 0.05) is 19.7 Å². The highest BCUT2D eigenvalue weighted by atomic mass is 16.5. The van der Waals surface area contributed by atoms with E-state index >= 15 is 0 Å². The molecule has 0 aliphatic carbocycles. The maximum absolute atomic E-state index is 5.42. The Labute approximate surface area is 99.6 Å². The molecule has 4 heteroatoms. The fourth-order valence-electron chi connectivity index (χ4n) is 1.06. The lowest BCUT2D eigenvalue weighted by molar-refractivity contribution is 0.0251. The molecule has 0 saturated heterocycles. The van der Waals surface area contributed by atoms with Gasteiger partial charge < -0.3 is 19.5 Å². The minimum absolute atomic E-state index is 0.543. The van der Waals surface area contributed by atoms with E-state index < -0.39 is 0 Å². The number of nitrogens with one attached hydrogen (secondary N) is 1. The minimum Gasteiger partial charge on any atom is -0.382 e. The molecular weight excluding hydrogens is 206 g/mol. The van der Waals surface area contributed by atoms with Crippen LogP contribution in [0.1, 0.15) is 20.8 Å². The van der Waals surface area contributed by atoms with Crippen LogP contribution in [0.25, 0.3) is 0 Å². The highest BCUT2D eigenvalue weighted by Gasteiger charge is 2.04. The first-order chi connectivity index (χ1) is 7.68. The predicted octanol–water partition coefficient (Wildman–Crippen LogP) is 1.30. The van der Waals surface area contributed by atoms with Crippen molar-refractivity contribution >= 4 is 0 Å².